The summed E-state index contributed by atoms with van der Waals surface area (Å²) in [5.41, 5.74) is 0.190. The molecule has 1 atom stereocenters. The maximum Gasteiger partial charge on any atom is 0.245 e. The molecule has 2 aromatic rings. The van der Waals surface area contributed by atoms with Gasteiger partial charge in [0.15, 0.2) is 0 Å². The summed E-state index contributed by atoms with van der Waals surface area (Å²) in [6.45, 7) is 1.46. The molecule has 1 N–H and O–H groups in total. The molecule has 2 aliphatic rings. The van der Waals surface area contributed by atoms with E-state index in [2.05, 4.69) is 10.3 Å². The van der Waals surface area contributed by atoms with Crippen molar-refractivity contribution in [3.8, 4) is 0 Å². The highest BCUT2D eigenvalue weighted by Crippen LogP contribution is 2.40. The van der Waals surface area contributed by atoms with Gasteiger partial charge in [0.05, 0.1) is 11.1 Å². The van der Waals surface area contributed by atoms with E-state index in [1.165, 1.54) is 0 Å². The van der Waals surface area contributed by atoms with Crippen molar-refractivity contribution in [2.45, 2.75) is 42.6 Å². The van der Waals surface area contributed by atoms with E-state index in [0.29, 0.717) is 44.5 Å². The number of fused-ring (bicyclic) bond motifs is 1. The summed E-state index contributed by atoms with van der Waals surface area (Å²) in [5.74, 6) is 0.338. The zero-order valence-electron chi connectivity index (χ0n) is 16.6. The maximum absolute atomic E-state index is 13.3. The molecular formula is C21H27N3O4S. The van der Waals surface area contributed by atoms with Gasteiger partial charge in [0, 0.05) is 44.7 Å². The number of carbonyl (C=O) groups excluding carboxylic acids is 1. The van der Waals surface area contributed by atoms with Crippen LogP contribution in [0.1, 0.15) is 32.1 Å². The molecule has 0 aliphatic carbocycles. The van der Waals surface area contributed by atoms with Crippen LogP contribution < -0.4 is 5.32 Å². The van der Waals surface area contributed by atoms with Gasteiger partial charge in [-0.2, -0.15) is 4.31 Å². The molecule has 1 amide bonds. The second kappa shape index (κ2) is 8.01. The fourth-order valence-electron chi connectivity index (χ4n) is 4.57. The van der Waals surface area contributed by atoms with Crippen LogP contribution in [-0.2, 0) is 19.6 Å². The summed E-state index contributed by atoms with van der Waals surface area (Å²) < 4.78 is 34.3. The standard InChI is InChI=1S/C21H27N3O4S/c1-22-19(25)14-16-7-13-28-21(15-16)8-11-24(12-9-21)29(26,27)18-6-2-4-17-5-3-10-23-20(17)18/h2-6,10,16H,7-9,11-15H2,1H3,(H,22,25). The van der Waals surface area contributed by atoms with E-state index in [9.17, 15) is 13.2 Å². The Morgan fingerprint density at radius 3 is 2.79 bits per heavy atom. The zero-order valence-corrected chi connectivity index (χ0v) is 17.5. The normalized spacial score (nSPS) is 22.6. The molecule has 1 aromatic heterocycles. The quantitative estimate of drug-likeness (QED) is 0.825. The number of pyridine rings is 1. The predicted octanol–water partition coefficient (Wildman–Crippen LogP) is 2.32. The fourth-order valence-corrected chi connectivity index (χ4v) is 6.18. The van der Waals surface area contributed by atoms with E-state index in [1.807, 2.05) is 12.1 Å². The summed E-state index contributed by atoms with van der Waals surface area (Å²) in [7, 11) is -1.97. The smallest absolute Gasteiger partial charge is 0.245 e. The first-order chi connectivity index (χ1) is 13.9. The molecule has 4 rings (SSSR count). The number of hydrogen-bond donors (Lipinski definition) is 1. The molecule has 8 heteroatoms. The number of hydrogen-bond acceptors (Lipinski definition) is 5. The van der Waals surface area contributed by atoms with Crippen molar-refractivity contribution in [1.82, 2.24) is 14.6 Å². The Balaban J connectivity index is 1.49. The Labute approximate surface area is 171 Å². The Bertz CT molecular complexity index is 995. The first-order valence-corrected chi connectivity index (χ1v) is 11.6. The van der Waals surface area contributed by atoms with Crippen LogP contribution >= 0.6 is 0 Å². The van der Waals surface area contributed by atoms with Gasteiger partial charge in [0.25, 0.3) is 0 Å². The van der Waals surface area contributed by atoms with Crippen LogP contribution in [0.4, 0.5) is 0 Å². The van der Waals surface area contributed by atoms with Crippen LogP contribution in [0.2, 0.25) is 0 Å². The Kier molecular flexibility index (Phi) is 5.59. The number of nitrogens with one attached hydrogen (secondary N) is 1. The van der Waals surface area contributed by atoms with Gasteiger partial charge >= 0.3 is 0 Å². The van der Waals surface area contributed by atoms with Crippen LogP contribution in [0.5, 0.6) is 0 Å². The lowest BCUT2D eigenvalue weighted by Crippen LogP contribution is -2.51. The van der Waals surface area contributed by atoms with Crippen molar-refractivity contribution in [2.24, 2.45) is 5.92 Å². The minimum Gasteiger partial charge on any atom is -0.375 e. The van der Waals surface area contributed by atoms with Gasteiger partial charge in [-0.3, -0.25) is 9.78 Å². The fraction of sp³-hybridized carbons (Fsp3) is 0.524. The highest BCUT2D eigenvalue weighted by atomic mass is 32.2. The van der Waals surface area contributed by atoms with Gasteiger partial charge in [0.2, 0.25) is 15.9 Å². The van der Waals surface area contributed by atoms with E-state index in [1.54, 1.807) is 35.7 Å². The molecule has 3 heterocycles. The number of carbonyl (C=O) groups is 1. The van der Waals surface area contributed by atoms with Crippen LogP contribution in [0.3, 0.4) is 0 Å². The Morgan fingerprint density at radius 1 is 1.28 bits per heavy atom. The number of sulfonamides is 1. The van der Waals surface area contributed by atoms with Crippen molar-refractivity contribution in [2.75, 3.05) is 26.7 Å². The minimum atomic E-state index is -3.63. The van der Waals surface area contributed by atoms with E-state index in [-0.39, 0.29) is 22.3 Å². The molecular weight excluding hydrogens is 390 g/mol. The van der Waals surface area contributed by atoms with Crippen LogP contribution in [0.25, 0.3) is 10.9 Å². The van der Waals surface area contributed by atoms with Gasteiger partial charge in [-0.05, 0) is 43.7 Å². The molecule has 1 aromatic carbocycles. The lowest BCUT2D eigenvalue weighted by Gasteiger charge is -2.45. The molecule has 7 nitrogen and oxygen atoms in total. The van der Waals surface area contributed by atoms with Crippen LogP contribution in [0, 0.1) is 5.92 Å². The monoisotopic (exact) mass is 417 g/mol. The van der Waals surface area contributed by atoms with Gasteiger partial charge in [0.1, 0.15) is 4.90 Å². The molecule has 1 unspecified atom stereocenters. The second-order valence-electron chi connectivity index (χ2n) is 8.00. The van der Waals surface area contributed by atoms with Crippen molar-refractivity contribution in [1.29, 1.82) is 0 Å². The van der Waals surface area contributed by atoms with E-state index < -0.39 is 10.0 Å². The summed E-state index contributed by atoms with van der Waals surface area (Å²) in [6, 6.07) is 8.94. The third-order valence-electron chi connectivity index (χ3n) is 6.20. The van der Waals surface area contributed by atoms with Gasteiger partial charge in [-0.1, -0.05) is 18.2 Å². The number of ether oxygens (including phenoxy) is 1. The molecule has 0 bridgehead atoms. The molecule has 156 valence electrons. The van der Waals surface area contributed by atoms with Gasteiger partial charge in [-0.25, -0.2) is 8.42 Å². The SMILES string of the molecule is CNC(=O)CC1CCOC2(CCN(S(=O)(=O)c3cccc4cccnc34)CC2)C1. The number of para-hydroxylation sites is 1. The van der Waals surface area contributed by atoms with Gasteiger partial charge < -0.3 is 10.1 Å². The first kappa shape index (κ1) is 20.3. The third kappa shape index (κ3) is 4.01. The summed E-state index contributed by atoms with van der Waals surface area (Å²) in [5, 5.41) is 3.50. The molecule has 2 saturated heterocycles. The van der Waals surface area contributed by atoms with Crippen LogP contribution in [0.15, 0.2) is 41.4 Å². The number of benzene rings is 1. The van der Waals surface area contributed by atoms with Crippen molar-refractivity contribution in [3.63, 3.8) is 0 Å². The minimum absolute atomic E-state index is 0.0514. The van der Waals surface area contributed by atoms with Crippen LogP contribution in [-0.4, -0.2) is 56.0 Å². The number of nitrogens with zero attached hydrogens (tertiary/aromatic N) is 2. The number of aromatic nitrogens is 1. The Hall–Kier alpha value is -2.03. The van der Waals surface area contributed by atoms with E-state index >= 15 is 0 Å². The van der Waals surface area contributed by atoms with Crippen molar-refractivity contribution >= 4 is 26.8 Å². The topological polar surface area (TPSA) is 88.6 Å². The summed E-state index contributed by atoms with van der Waals surface area (Å²) in [6.07, 6.45) is 5.10. The lowest BCUT2D eigenvalue weighted by atomic mass is 9.78. The first-order valence-electron chi connectivity index (χ1n) is 10.1. The molecule has 2 fully saturated rings. The largest absolute Gasteiger partial charge is 0.375 e. The van der Waals surface area contributed by atoms with Gasteiger partial charge in [-0.15, -0.1) is 0 Å². The zero-order chi connectivity index (χ0) is 20.5. The average Bonchev–Trinajstić information content (AvgIpc) is 2.73. The second-order valence-corrected chi connectivity index (χ2v) is 9.91. The molecule has 0 saturated carbocycles. The average molecular weight is 418 g/mol. The Morgan fingerprint density at radius 2 is 2.03 bits per heavy atom. The number of amides is 1. The van der Waals surface area contributed by atoms with E-state index in [0.717, 1.165) is 18.2 Å². The number of rotatable bonds is 4. The van der Waals surface area contributed by atoms with E-state index in [4.69, 9.17) is 4.74 Å². The molecule has 2 aliphatic heterocycles. The maximum atomic E-state index is 13.3. The summed E-state index contributed by atoms with van der Waals surface area (Å²) in [4.78, 5) is 16.3. The van der Waals surface area contributed by atoms with Crippen molar-refractivity contribution in [3.05, 3.63) is 36.5 Å². The number of piperidine rings is 1. The highest BCUT2D eigenvalue weighted by Gasteiger charge is 2.43. The lowest BCUT2D eigenvalue weighted by molar-refractivity contribution is -0.132. The highest BCUT2D eigenvalue weighted by molar-refractivity contribution is 7.89. The summed E-state index contributed by atoms with van der Waals surface area (Å²) >= 11 is 0. The molecule has 1 spiro atoms. The molecule has 0 radical (unpaired) electrons. The third-order valence-corrected chi connectivity index (χ3v) is 8.13. The predicted molar refractivity (Wildman–Crippen MR) is 110 cm³/mol. The molecule has 29 heavy (non-hydrogen) atoms. The van der Waals surface area contributed by atoms with Crippen molar-refractivity contribution < 1.29 is 17.9 Å².